The number of carbonyl (C=O) groups is 1. The molecular weight excluding hydrogens is 358 g/mol. The van der Waals surface area contributed by atoms with E-state index in [1.165, 1.54) is 0 Å². The van der Waals surface area contributed by atoms with Crippen molar-refractivity contribution in [1.29, 1.82) is 0 Å². The van der Waals surface area contributed by atoms with Gasteiger partial charge in [0.15, 0.2) is 0 Å². The number of hydrogen-bond donors (Lipinski definition) is 1. The molecule has 2 N–H and O–H groups in total. The number of pyridine rings is 1. The Balaban J connectivity index is 2.55. The van der Waals surface area contributed by atoms with Crippen molar-refractivity contribution in [3.8, 4) is 5.75 Å². The Hall–Kier alpha value is -2.61. The van der Waals surface area contributed by atoms with Gasteiger partial charge < -0.3 is 20.1 Å². The van der Waals surface area contributed by atoms with Gasteiger partial charge in [0.1, 0.15) is 22.5 Å². The molecule has 140 valence electrons. The number of rotatable bonds is 6. The normalized spacial score (nSPS) is 10.5. The van der Waals surface area contributed by atoms with Gasteiger partial charge in [0, 0.05) is 29.9 Å². The van der Waals surface area contributed by atoms with Crippen LogP contribution in [0, 0.1) is 13.8 Å². The number of methoxy groups -OCH3 is 1. The summed E-state index contributed by atoms with van der Waals surface area (Å²) >= 11 is 6.22. The predicted molar refractivity (Wildman–Crippen MR) is 100 cm³/mol. The quantitative estimate of drug-likeness (QED) is 0.603. The molecule has 0 bridgehead atoms. The molecular formula is C17H22ClN5O3. The minimum Gasteiger partial charge on any atom is -0.496 e. The summed E-state index contributed by atoms with van der Waals surface area (Å²) in [5.41, 5.74) is 7.91. The van der Waals surface area contributed by atoms with Crippen LogP contribution in [0.15, 0.2) is 6.20 Å². The van der Waals surface area contributed by atoms with Gasteiger partial charge in [0.05, 0.1) is 20.1 Å². The second kappa shape index (κ2) is 8.18. The van der Waals surface area contributed by atoms with Crippen molar-refractivity contribution >= 4 is 35.2 Å². The van der Waals surface area contributed by atoms with Gasteiger partial charge in [-0.15, -0.1) is 0 Å². The minimum absolute atomic E-state index is 0.00110. The van der Waals surface area contributed by atoms with Crippen LogP contribution >= 0.6 is 11.6 Å². The first-order valence-corrected chi connectivity index (χ1v) is 8.39. The molecule has 0 unspecified atom stereocenters. The third-order valence-corrected chi connectivity index (χ3v) is 4.15. The maximum Gasteiger partial charge on any atom is 0.310 e. The first-order chi connectivity index (χ1) is 12.3. The van der Waals surface area contributed by atoms with Crippen LogP contribution in [-0.2, 0) is 16.0 Å². The number of halogens is 1. The zero-order chi connectivity index (χ0) is 19.4. The maximum atomic E-state index is 12.0. The smallest absolute Gasteiger partial charge is 0.310 e. The van der Waals surface area contributed by atoms with E-state index in [2.05, 4.69) is 15.0 Å². The van der Waals surface area contributed by atoms with Crippen molar-refractivity contribution in [3.63, 3.8) is 0 Å². The average Bonchev–Trinajstić information content (AvgIpc) is 2.57. The van der Waals surface area contributed by atoms with E-state index in [-0.39, 0.29) is 24.1 Å². The summed E-state index contributed by atoms with van der Waals surface area (Å²) in [6.45, 7) is 5.81. The van der Waals surface area contributed by atoms with Crippen LogP contribution < -0.4 is 15.4 Å². The van der Waals surface area contributed by atoms with E-state index in [0.717, 1.165) is 16.9 Å². The summed E-state index contributed by atoms with van der Waals surface area (Å²) in [4.78, 5) is 26.3. The van der Waals surface area contributed by atoms with Crippen molar-refractivity contribution < 1.29 is 14.3 Å². The fraction of sp³-hybridized carbons (Fsp3) is 0.412. The molecule has 0 fully saturated rings. The molecule has 2 heterocycles. The van der Waals surface area contributed by atoms with Gasteiger partial charge in [-0.1, -0.05) is 11.6 Å². The Morgan fingerprint density at radius 1 is 1.31 bits per heavy atom. The van der Waals surface area contributed by atoms with Gasteiger partial charge in [0.2, 0.25) is 5.95 Å². The van der Waals surface area contributed by atoms with Crippen LogP contribution in [0.1, 0.15) is 23.6 Å². The Bertz CT molecular complexity index is 829. The summed E-state index contributed by atoms with van der Waals surface area (Å²) < 4.78 is 10.5. The SMILES string of the molecule is CCOC(=O)Cc1c(Cl)nc(N)nc1N(C)c1ncc(C)c(OC)c1C. The van der Waals surface area contributed by atoms with Crippen molar-refractivity contribution in [2.24, 2.45) is 0 Å². The molecule has 0 aromatic carbocycles. The maximum absolute atomic E-state index is 12.0. The van der Waals surface area contributed by atoms with E-state index < -0.39 is 5.97 Å². The molecule has 0 spiro atoms. The average molecular weight is 380 g/mol. The minimum atomic E-state index is -0.427. The Morgan fingerprint density at radius 3 is 2.62 bits per heavy atom. The number of aromatic nitrogens is 3. The molecule has 8 nitrogen and oxygen atoms in total. The van der Waals surface area contributed by atoms with Crippen molar-refractivity contribution in [1.82, 2.24) is 15.0 Å². The standard InChI is InChI=1S/C17H22ClN5O3/c1-6-26-12(24)7-11-14(18)21-17(19)22-16(11)23(4)15-10(3)13(25-5)9(2)8-20-15/h8H,6-7H2,1-5H3,(H2,19,21,22). The van der Waals surface area contributed by atoms with Crippen molar-refractivity contribution in [2.75, 3.05) is 31.4 Å². The summed E-state index contributed by atoms with van der Waals surface area (Å²) in [6, 6.07) is 0. The van der Waals surface area contributed by atoms with Crippen LogP contribution in [0.4, 0.5) is 17.6 Å². The molecule has 0 saturated carbocycles. The molecule has 0 radical (unpaired) electrons. The second-order valence-corrected chi connectivity index (χ2v) is 6.00. The summed E-state index contributed by atoms with van der Waals surface area (Å²) in [7, 11) is 3.36. The molecule has 0 saturated heterocycles. The van der Waals surface area contributed by atoms with Crippen LogP contribution in [-0.4, -0.2) is 41.7 Å². The van der Waals surface area contributed by atoms with E-state index in [1.807, 2.05) is 13.8 Å². The molecule has 9 heteroatoms. The van der Waals surface area contributed by atoms with Gasteiger partial charge >= 0.3 is 5.97 Å². The Labute approximate surface area is 157 Å². The lowest BCUT2D eigenvalue weighted by molar-refractivity contribution is -0.142. The Morgan fingerprint density at radius 2 is 2.00 bits per heavy atom. The highest BCUT2D eigenvalue weighted by Crippen LogP contribution is 2.35. The highest BCUT2D eigenvalue weighted by Gasteiger charge is 2.23. The topological polar surface area (TPSA) is 103 Å². The molecule has 0 amide bonds. The lowest BCUT2D eigenvalue weighted by Gasteiger charge is -2.23. The lowest BCUT2D eigenvalue weighted by Crippen LogP contribution is -2.20. The molecule has 2 aromatic heterocycles. The number of nitrogens with zero attached hydrogens (tertiary/aromatic N) is 4. The highest BCUT2D eigenvalue weighted by atomic mass is 35.5. The van der Waals surface area contributed by atoms with Gasteiger partial charge in [-0.25, -0.2) is 9.97 Å². The largest absolute Gasteiger partial charge is 0.496 e. The third-order valence-electron chi connectivity index (χ3n) is 3.83. The molecule has 26 heavy (non-hydrogen) atoms. The number of nitrogen functional groups attached to an aromatic ring is 1. The molecule has 2 rings (SSSR count). The van der Waals surface area contributed by atoms with E-state index in [0.29, 0.717) is 17.2 Å². The number of carbonyl (C=O) groups excluding carboxylic acids is 1. The molecule has 0 aliphatic heterocycles. The van der Waals surface area contributed by atoms with Crippen molar-refractivity contribution in [3.05, 3.63) is 28.0 Å². The molecule has 0 atom stereocenters. The highest BCUT2D eigenvalue weighted by molar-refractivity contribution is 6.30. The first-order valence-electron chi connectivity index (χ1n) is 8.01. The summed E-state index contributed by atoms with van der Waals surface area (Å²) in [5, 5.41) is 0.101. The molecule has 2 aromatic rings. The molecule has 0 aliphatic rings. The van der Waals surface area contributed by atoms with Crippen LogP contribution in [0.2, 0.25) is 5.15 Å². The van der Waals surface area contributed by atoms with Gasteiger partial charge in [-0.2, -0.15) is 4.98 Å². The summed E-state index contributed by atoms with van der Waals surface area (Å²) in [6.07, 6.45) is 1.63. The fourth-order valence-corrected chi connectivity index (χ4v) is 2.95. The number of ether oxygens (including phenoxy) is 2. The summed E-state index contributed by atoms with van der Waals surface area (Å²) in [5.74, 6) is 1.29. The zero-order valence-corrected chi connectivity index (χ0v) is 16.2. The number of nitrogens with two attached hydrogens (primary N) is 1. The third kappa shape index (κ3) is 3.96. The predicted octanol–water partition coefficient (Wildman–Crippen LogP) is 2.61. The number of aryl methyl sites for hydroxylation is 1. The number of esters is 1. The van der Waals surface area contributed by atoms with E-state index in [1.54, 1.807) is 32.2 Å². The first kappa shape index (κ1) is 19.7. The monoisotopic (exact) mass is 379 g/mol. The van der Waals surface area contributed by atoms with E-state index in [9.17, 15) is 4.79 Å². The van der Waals surface area contributed by atoms with Crippen LogP contribution in [0.25, 0.3) is 0 Å². The lowest BCUT2D eigenvalue weighted by atomic mass is 10.1. The number of anilines is 3. The van der Waals surface area contributed by atoms with Gasteiger partial charge in [-0.05, 0) is 20.8 Å². The van der Waals surface area contributed by atoms with Crippen LogP contribution in [0.3, 0.4) is 0 Å². The number of hydrogen-bond acceptors (Lipinski definition) is 8. The zero-order valence-electron chi connectivity index (χ0n) is 15.5. The van der Waals surface area contributed by atoms with Gasteiger partial charge in [0.25, 0.3) is 0 Å². The van der Waals surface area contributed by atoms with Crippen LogP contribution in [0.5, 0.6) is 5.75 Å². The van der Waals surface area contributed by atoms with Gasteiger partial charge in [-0.3, -0.25) is 4.79 Å². The van der Waals surface area contributed by atoms with E-state index >= 15 is 0 Å². The second-order valence-electron chi connectivity index (χ2n) is 5.64. The molecule has 0 aliphatic carbocycles. The van der Waals surface area contributed by atoms with E-state index in [4.69, 9.17) is 26.8 Å². The Kier molecular flexibility index (Phi) is 6.20. The fourth-order valence-electron chi connectivity index (χ4n) is 2.71. The van der Waals surface area contributed by atoms with Crippen molar-refractivity contribution in [2.45, 2.75) is 27.2 Å².